The smallest absolute Gasteiger partial charge is 0.0884 e. The fraction of sp³-hybridized carbons (Fsp3) is 1.00. The molecule has 0 aliphatic heterocycles. The van der Waals surface area contributed by atoms with Gasteiger partial charge in [-0.2, -0.15) is 0 Å². The lowest BCUT2D eigenvalue weighted by Gasteiger charge is -2.34. The van der Waals surface area contributed by atoms with Gasteiger partial charge in [-0.05, 0) is 46.1 Å². The number of hydrogen-bond donors (Lipinski definition) is 1. The van der Waals surface area contributed by atoms with Crippen LogP contribution in [0.25, 0.3) is 0 Å². The highest BCUT2D eigenvalue weighted by atomic mass is 15.3. The van der Waals surface area contributed by atoms with Crippen LogP contribution in [-0.2, 0) is 0 Å². The second-order valence-electron chi connectivity index (χ2n) is 8.15. The molecule has 0 spiro atoms. The molecule has 0 amide bonds. The standard InChI is InChI=1S/C20H45N2/c1-7-8-9-10-11-12-13-14-17-20(22(4,5)6)18-15-16-19(2)21-3/h19-21H,7-18H2,1-6H3/q+1. The number of quaternary nitrogens is 1. The van der Waals surface area contributed by atoms with Crippen molar-refractivity contribution < 1.29 is 4.48 Å². The molecule has 0 aromatic rings. The summed E-state index contributed by atoms with van der Waals surface area (Å²) in [6.45, 7) is 4.59. The molecule has 2 heteroatoms. The van der Waals surface area contributed by atoms with Gasteiger partial charge in [0.1, 0.15) is 0 Å². The summed E-state index contributed by atoms with van der Waals surface area (Å²) in [6, 6.07) is 1.50. The Hall–Kier alpha value is -0.0800. The van der Waals surface area contributed by atoms with Crippen molar-refractivity contribution in [1.82, 2.24) is 5.32 Å². The Morgan fingerprint density at radius 1 is 0.727 bits per heavy atom. The zero-order valence-corrected chi connectivity index (χ0v) is 16.6. The highest BCUT2D eigenvalue weighted by Gasteiger charge is 2.22. The SMILES string of the molecule is CCCCCCCCCCC(CCCC(C)NC)[N+](C)(C)C. The van der Waals surface area contributed by atoms with Gasteiger partial charge in [-0.15, -0.1) is 0 Å². The first-order valence-electron chi connectivity index (χ1n) is 9.90. The predicted octanol–water partition coefficient (Wildman–Crippen LogP) is 5.37. The van der Waals surface area contributed by atoms with E-state index in [-0.39, 0.29) is 0 Å². The molecular weight excluding hydrogens is 268 g/mol. The van der Waals surface area contributed by atoms with Crippen LogP contribution in [-0.4, -0.2) is 44.8 Å². The Balaban J connectivity index is 3.77. The van der Waals surface area contributed by atoms with Gasteiger partial charge >= 0.3 is 0 Å². The molecule has 0 aromatic heterocycles. The summed E-state index contributed by atoms with van der Waals surface area (Å²) in [5, 5.41) is 3.35. The lowest BCUT2D eigenvalue weighted by molar-refractivity contribution is -0.896. The van der Waals surface area contributed by atoms with E-state index < -0.39 is 0 Å². The van der Waals surface area contributed by atoms with Gasteiger partial charge in [0.15, 0.2) is 0 Å². The second kappa shape index (κ2) is 13.4. The summed E-state index contributed by atoms with van der Waals surface area (Å²) in [5.41, 5.74) is 0. The molecule has 0 rings (SSSR count). The Morgan fingerprint density at radius 3 is 1.73 bits per heavy atom. The third-order valence-corrected chi connectivity index (χ3v) is 5.15. The summed E-state index contributed by atoms with van der Waals surface area (Å²) < 4.78 is 1.13. The maximum Gasteiger partial charge on any atom is 0.0884 e. The van der Waals surface area contributed by atoms with Crippen LogP contribution in [0.3, 0.4) is 0 Å². The van der Waals surface area contributed by atoms with Crippen molar-refractivity contribution in [2.45, 2.75) is 103 Å². The number of rotatable bonds is 15. The monoisotopic (exact) mass is 313 g/mol. The highest BCUT2D eigenvalue weighted by molar-refractivity contribution is 4.63. The molecule has 1 N–H and O–H groups in total. The topological polar surface area (TPSA) is 12.0 Å². The van der Waals surface area contributed by atoms with Crippen molar-refractivity contribution in [2.24, 2.45) is 0 Å². The van der Waals surface area contributed by atoms with Crippen molar-refractivity contribution in [3.05, 3.63) is 0 Å². The molecule has 0 saturated carbocycles. The van der Waals surface area contributed by atoms with E-state index in [9.17, 15) is 0 Å². The van der Waals surface area contributed by atoms with Crippen molar-refractivity contribution in [1.29, 1.82) is 0 Å². The van der Waals surface area contributed by atoms with Crippen molar-refractivity contribution in [3.8, 4) is 0 Å². The van der Waals surface area contributed by atoms with Gasteiger partial charge in [-0.3, -0.25) is 0 Å². The molecule has 0 fully saturated rings. The van der Waals surface area contributed by atoms with Gasteiger partial charge in [-0.25, -0.2) is 0 Å². The third kappa shape index (κ3) is 12.5. The van der Waals surface area contributed by atoms with Gasteiger partial charge in [0, 0.05) is 6.04 Å². The van der Waals surface area contributed by atoms with Crippen LogP contribution in [0.5, 0.6) is 0 Å². The van der Waals surface area contributed by atoms with E-state index in [2.05, 4.69) is 47.4 Å². The first-order valence-corrected chi connectivity index (χ1v) is 9.90. The van der Waals surface area contributed by atoms with Gasteiger partial charge in [0.25, 0.3) is 0 Å². The van der Waals surface area contributed by atoms with Gasteiger partial charge < -0.3 is 9.80 Å². The Morgan fingerprint density at radius 2 is 1.23 bits per heavy atom. The van der Waals surface area contributed by atoms with Crippen molar-refractivity contribution in [2.75, 3.05) is 28.2 Å². The maximum atomic E-state index is 3.35. The van der Waals surface area contributed by atoms with E-state index in [1.807, 2.05) is 0 Å². The lowest BCUT2D eigenvalue weighted by atomic mass is 9.98. The molecule has 0 aliphatic rings. The second-order valence-corrected chi connectivity index (χ2v) is 8.15. The molecule has 0 radical (unpaired) electrons. The summed E-state index contributed by atoms with van der Waals surface area (Å²) in [4.78, 5) is 0. The normalized spacial score (nSPS) is 15.0. The molecule has 0 aromatic carbocycles. The molecule has 2 nitrogen and oxygen atoms in total. The number of hydrogen-bond acceptors (Lipinski definition) is 1. The van der Waals surface area contributed by atoms with Crippen molar-refractivity contribution >= 4 is 0 Å². The highest BCUT2D eigenvalue weighted by Crippen LogP contribution is 2.20. The fourth-order valence-electron chi connectivity index (χ4n) is 3.24. The molecule has 2 atom stereocenters. The van der Waals surface area contributed by atoms with Crippen LogP contribution in [0.1, 0.15) is 90.9 Å². The van der Waals surface area contributed by atoms with Crippen LogP contribution in [0.4, 0.5) is 0 Å². The first-order chi connectivity index (χ1) is 10.4. The minimum atomic E-state index is 0.663. The Bertz CT molecular complexity index is 232. The van der Waals surface area contributed by atoms with E-state index in [1.54, 1.807) is 0 Å². The predicted molar refractivity (Wildman–Crippen MR) is 101 cm³/mol. The Kier molecular flexibility index (Phi) is 13.3. The quantitative estimate of drug-likeness (QED) is 0.316. The molecular formula is C20H45N2+. The molecule has 0 heterocycles. The van der Waals surface area contributed by atoms with Crippen LogP contribution >= 0.6 is 0 Å². The summed E-state index contributed by atoms with van der Waals surface area (Å²) in [5.74, 6) is 0. The number of nitrogens with one attached hydrogen (secondary N) is 1. The van der Waals surface area contributed by atoms with E-state index >= 15 is 0 Å². The first kappa shape index (κ1) is 21.9. The summed E-state index contributed by atoms with van der Waals surface area (Å²) in [6.07, 6.45) is 16.9. The van der Waals surface area contributed by atoms with Crippen LogP contribution in [0.15, 0.2) is 0 Å². The minimum Gasteiger partial charge on any atom is -0.328 e. The summed E-state index contributed by atoms with van der Waals surface area (Å²) >= 11 is 0. The van der Waals surface area contributed by atoms with E-state index in [0.717, 1.165) is 10.5 Å². The number of nitrogens with zero attached hydrogens (tertiary/aromatic N) is 1. The molecule has 2 unspecified atom stereocenters. The largest absolute Gasteiger partial charge is 0.328 e. The molecule has 134 valence electrons. The van der Waals surface area contributed by atoms with Crippen LogP contribution < -0.4 is 5.32 Å². The fourth-order valence-corrected chi connectivity index (χ4v) is 3.24. The lowest BCUT2D eigenvalue weighted by Crippen LogP contribution is -2.45. The molecule has 22 heavy (non-hydrogen) atoms. The zero-order valence-electron chi connectivity index (χ0n) is 16.6. The summed E-state index contributed by atoms with van der Waals surface area (Å²) in [7, 11) is 9.19. The van der Waals surface area contributed by atoms with E-state index in [1.165, 1.54) is 77.0 Å². The minimum absolute atomic E-state index is 0.663. The average molecular weight is 314 g/mol. The Labute approximate surface area is 141 Å². The number of unbranched alkanes of at least 4 members (excludes halogenated alkanes) is 7. The molecule has 0 saturated heterocycles. The maximum absolute atomic E-state index is 3.35. The van der Waals surface area contributed by atoms with Gasteiger partial charge in [-0.1, -0.05) is 51.9 Å². The van der Waals surface area contributed by atoms with Crippen LogP contribution in [0.2, 0.25) is 0 Å². The zero-order chi connectivity index (χ0) is 16.8. The van der Waals surface area contributed by atoms with Crippen molar-refractivity contribution in [3.63, 3.8) is 0 Å². The van der Waals surface area contributed by atoms with Gasteiger partial charge in [0.05, 0.1) is 27.2 Å². The van der Waals surface area contributed by atoms with Gasteiger partial charge in [0.2, 0.25) is 0 Å². The molecule has 0 bridgehead atoms. The van der Waals surface area contributed by atoms with Crippen LogP contribution in [0, 0.1) is 0 Å². The van der Waals surface area contributed by atoms with E-state index in [4.69, 9.17) is 0 Å². The third-order valence-electron chi connectivity index (χ3n) is 5.15. The molecule has 0 aliphatic carbocycles. The average Bonchev–Trinajstić information content (AvgIpc) is 2.46. The van der Waals surface area contributed by atoms with E-state index in [0.29, 0.717) is 6.04 Å².